The molecule has 1 aliphatic carbocycles. The standard InChI is InChI=1S/C10H16N2S/c11-6-10-12-7-9(13-10)8-4-2-1-3-5-8/h7-8H,1-6,11H2. The van der Waals surface area contributed by atoms with E-state index in [0.29, 0.717) is 6.54 Å². The molecule has 2 N–H and O–H groups in total. The summed E-state index contributed by atoms with van der Waals surface area (Å²) in [7, 11) is 0. The van der Waals surface area contributed by atoms with Crippen molar-refractivity contribution in [2.45, 2.75) is 44.6 Å². The lowest BCUT2D eigenvalue weighted by molar-refractivity contribution is 0.448. The first-order valence-corrected chi connectivity index (χ1v) is 5.86. The fourth-order valence-electron chi connectivity index (χ4n) is 1.99. The molecule has 0 spiro atoms. The lowest BCUT2D eigenvalue weighted by atomic mass is 9.89. The van der Waals surface area contributed by atoms with Crippen LogP contribution in [0.15, 0.2) is 6.20 Å². The van der Waals surface area contributed by atoms with Gasteiger partial charge in [0.15, 0.2) is 0 Å². The quantitative estimate of drug-likeness (QED) is 0.789. The molecule has 72 valence electrons. The van der Waals surface area contributed by atoms with E-state index in [1.54, 1.807) is 11.3 Å². The number of rotatable bonds is 2. The van der Waals surface area contributed by atoms with Crippen LogP contribution in [-0.4, -0.2) is 4.98 Å². The molecule has 13 heavy (non-hydrogen) atoms. The zero-order chi connectivity index (χ0) is 9.10. The molecule has 1 aromatic rings. The first kappa shape index (κ1) is 9.16. The monoisotopic (exact) mass is 196 g/mol. The van der Waals surface area contributed by atoms with Gasteiger partial charge < -0.3 is 5.73 Å². The summed E-state index contributed by atoms with van der Waals surface area (Å²) in [4.78, 5) is 5.76. The molecule has 1 saturated carbocycles. The molecule has 0 aromatic carbocycles. The highest BCUT2D eigenvalue weighted by molar-refractivity contribution is 7.11. The second kappa shape index (κ2) is 4.20. The zero-order valence-corrected chi connectivity index (χ0v) is 8.65. The summed E-state index contributed by atoms with van der Waals surface area (Å²) in [6, 6.07) is 0. The highest BCUT2D eigenvalue weighted by Gasteiger charge is 2.17. The van der Waals surface area contributed by atoms with Gasteiger partial charge in [-0.2, -0.15) is 0 Å². The van der Waals surface area contributed by atoms with Gasteiger partial charge in [0, 0.05) is 17.6 Å². The van der Waals surface area contributed by atoms with E-state index in [0.717, 1.165) is 10.9 Å². The summed E-state index contributed by atoms with van der Waals surface area (Å²) in [5.41, 5.74) is 5.54. The van der Waals surface area contributed by atoms with Crippen LogP contribution in [-0.2, 0) is 6.54 Å². The van der Waals surface area contributed by atoms with Crippen LogP contribution in [0.3, 0.4) is 0 Å². The molecule has 1 aliphatic rings. The van der Waals surface area contributed by atoms with Crippen molar-refractivity contribution < 1.29 is 0 Å². The molecule has 0 bridgehead atoms. The van der Waals surface area contributed by atoms with Crippen LogP contribution in [0, 0.1) is 0 Å². The normalized spacial score (nSPS) is 19.2. The number of hydrogen-bond acceptors (Lipinski definition) is 3. The van der Waals surface area contributed by atoms with Crippen molar-refractivity contribution in [3.05, 3.63) is 16.1 Å². The summed E-state index contributed by atoms with van der Waals surface area (Å²) in [5, 5.41) is 1.08. The highest BCUT2D eigenvalue weighted by Crippen LogP contribution is 2.35. The smallest absolute Gasteiger partial charge is 0.106 e. The maximum atomic E-state index is 5.54. The average Bonchev–Trinajstić information content (AvgIpc) is 2.67. The summed E-state index contributed by atoms with van der Waals surface area (Å²) in [6.07, 6.45) is 8.93. The average molecular weight is 196 g/mol. The van der Waals surface area contributed by atoms with Gasteiger partial charge >= 0.3 is 0 Å². The third-order valence-electron chi connectivity index (χ3n) is 2.75. The number of thiazole rings is 1. The van der Waals surface area contributed by atoms with E-state index in [9.17, 15) is 0 Å². The Hall–Kier alpha value is -0.410. The third-order valence-corrected chi connectivity index (χ3v) is 3.94. The number of hydrogen-bond donors (Lipinski definition) is 1. The topological polar surface area (TPSA) is 38.9 Å². The Kier molecular flexibility index (Phi) is 2.96. The molecule has 1 aromatic heterocycles. The van der Waals surface area contributed by atoms with Crippen LogP contribution in [0.4, 0.5) is 0 Å². The van der Waals surface area contributed by atoms with Crippen LogP contribution in [0.25, 0.3) is 0 Å². The maximum absolute atomic E-state index is 5.54. The highest BCUT2D eigenvalue weighted by atomic mass is 32.1. The van der Waals surface area contributed by atoms with E-state index in [1.807, 2.05) is 6.20 Å². The minimum atomic E-state index is 0.595. The Morgan fingerprint density at radius 2 is 2.15 bits per heavy atom. The molecule has 0 amide bonds. The second-order valence-electron chi connectivity index (χ2n) is 3.70. The van der Waals surface area contributed by atoms with Crippen molar-refractivity contribution in [2.24, 2.45) is 5.73 Å². The summed E-state index contributed by atoms with van der Waals surface area (Å²) in [5.74, 6) is 0.784. The van der Waals surface area contributed by atoms with Crippen LogP contribution >= 0.6 is 11.3 Å². The lowest BCUT2D eigenvalue weighted by Crippen LogP contribution is -2.02. The predicted molar refractivity (Wildman–Crippen MR) is 55.8 cm³/mol. The van der Waals surface area contributed by atoms with E-state index in [1.165, 1.54) is 37.0 Å². The summed E-state index contributed by atoms with van der Waals surface area (Å²) < 4.78 is 0. The summed E-state index contributed by atoms with van der Waals surface area (Å²) >= 11 is 1.80. The molecular weight excluding hydrogens is 180 g/mol. The fourth-order valence-corrected chi connectivity index (χ4v) is 2.96. The molecule has 2 nitrogen and oxygen atoms in total. The van der Waals surface area contributed by atoms with Gasteiger partial charge in [-0.3, -0.25) is 0 Å². The van der Waals surface area contributed by atoms with Gasteiger partial charge in [0.25, 0.3) is 0 Å². The predicted octanol–water partition coefficient (Wildman–Crippen LogP) is 2.65. The first-order chi connectivity index (χ1) is 6.40. The number of aromatic nitrogens is 1. The zero-order valence-electron chi connectivity index (χ0n) is 7.83. The van der Waals surface area contributed by atoms with Gasteiger partial charge in [0.1, 0.15) is 5.01 Å². The minimum absolute atomic E-state index is 0.595. The van der Waals surface area contributed by atoms with Crippen LogP contribution in [0.1, 0.15) is 47.9 Å². The van der Waals surface area contributed by atoms with Crippen molar-refractivity contribution in [3.8, 4) is 0 Å². The molecule has 0 aliphatic heterocycles. The van der Waals surface area contributed by atoms with Crippen molar-refractivity contribution in [1.29, 1.82) is 0 Å². The Labute approximate surface area is 83.2 Å². The molecule has 1 fully saturated rings. The molecule has 3 heteroatoms. The molecule has 0 saturated heterocycles. The van der Waals surface area contributed by atoms with Gasteiger partial charge in [-0.05, 0) is 18.8 Å². The van der Waals surface area contributed by atoms with Crippen LogP contribution < -0.4 is 5.73 Å². The van der Waals surface area contributed by atoms with Crippen LogP contribution in [0.5, 0.6) is 0 Å². The number of nitrogens with two attached hydrogens (primary N) is 1. The molecule has 0 atom stereocenters. The van der Waals surface area contributed by atoms with Crippen molar-refractivity contribution in [3.63, 3.8) is 0 Å². The Morgan fingerprint density at radius 1 is 1.38 bits per heavy atom. The summed E-state index contributed by atoms with van der Waals surface area (Å²) in [6.45, 7) is 0.595. The van der Waals surface area contributed by atoms with E-state index in [2.05, 4.69) is 4.98 Å². The van der Waals surface area contributed by atoms with E-state index < -0.39 is 0 Å². The van der Waals surface area contributed by atoms with Gasteiger partial charge in [-0.25, -0.2) is 4.98 Å². The fraction of sp³-hybridized carbons (Fsp3) is 0.700. The van der Waals surface area contributed by atoms with Gasteiger partial charge in [-0.15, -0.1) is 11.3 Å². The SMILES string of the molecule is NCc1ncc(C2CCCCC2)s1. The van der Waals surface area contributed by atoms with E-state index in [-0.39, 0.29) is 0 Å². The number of nitrogens with zero attached hydrogens (tertiary/aromatic N) is 1. The molecular formula is C10H16N2S. The molecule has 0 unspecified atom stereocenters. The second-order valence-corrected chi connectivity index (χ2v) is 4.84. The lowest BCUT2D eigenvalue weighted by Gasteiger charge is -2.19. The van der Waals surface area contributed by atoms with Gasteiger partial charge in [-0.1, -0.05) is 19.3 Å². The minimum Gasteiger partial charge on any atom is -0.325 e. The molecule has 1 heterocycles. The largest absolute Gasteiger partial charge is 0.325 e. The Balaban J connectivity index is 2.05. The Bertz CT molecular complexity index is 264. The van der Waals surface area contributed by atoms with E-state index in [4.69, 9.17) is 5.73 Å². The maximum Gasteiger partial charge on any atom is 0.106 e. The molecule has 2 rings (SSSR count). The van der Waals surface area contributed by atoms with Crippen LogP contribution in [0.2, 0.25) is 0 Å². The van der Waals surface area contributed by atoms with Gasteiger partial charge in [0.2, 0.25) is 0 Å². The van der Waals surface area contributed by atoms with E-state index >= 15 is 0 Å². The van der Waals surface area contributed by atoms with Crippen molar-refractivity contribution in [1.82, 2.24) is 4.98 Å². The van der Waals surface area contributed by atoms with Crippen molar-refractivity contribution in [2.75, 3.05) is 0 Å². The van der Waals surface area contributed by atoms with Crippen molar-refractivity contribution >= 4 is 11.3 Å². The first-order valence-electron chi connectivity index (χ1n) is 5.05. The Morgan fingerprint density at radius 3 is 2.77 bits per heavy atom. The third kappa shape index (κ3) is 2.09. The molecule has 0 radical (unpaired) electrons. The van der Waals surface area contributed by atoms with Gasteiger partial charge in [0.05, 0.1) is 0 Å².